The highest BCUT2D eigenvalue weighted by molar-refractivity contribution is 6.16. The molecule has 8 nitrogen and oxygen atoms in total. The van der Waals surface area contributed by atoms with E-state index in [0.29, 0.717) is 11.1 Å². The second-order valence-corrected chi connectivity index (χ2v) is 6.43. The number of hydrogen-bond donors (Lipinski definition) is 4. The van der Waals surface area contributed by atoms with Gasteiger partial charge in [-0.1, -0.05) is 6.07 Å². The van der Waals surface area contributed by atoms with Crippen LogP contribution >= 0.6 is 0 Å². The zero-order valence-corrected chi connectivity index (χ0v) is 15.6. The normalized spacial score (nSPS) is 10.6. The average Bonchev–Trinajstić information content (AvgIpc) is 2.60. The molecule has 8 heteroatoms. The van der Waals surface area contributed by atoms with Crippen LogP contribution in [-0.4, -0.2) is 44.3 Å². The van der Waals surface area contributed by atoms with Gasteiger partial charge in [0, 0.05) is 0 Å². The zero-order valence-electron chi connectivity index (χ0n) is 15.6. The molecule has 0 amide bonds. The van der Waals surface area contributed by atoms with Gasteiger partial charge < -0.3 is 20.4 Å². The second-order valence-electron chi connectivity index (χ2n) is 6.43. The molecule has 0 aliphatic carbocycles. The lowest BCUT2D eigenvalue weighted by molar-refractivity contribution is 0.0620. The fourth-order valence-electron chi connectivity index (χ4n) is 3.21. The molecular weight excluding hydrogens is 368 g/mol. The number of rotatable bonds is 5. The van der Waals surface area contributed by atoms with Crippen LogP contribution < -0.4 is 0 Å². The van der Waals surface area contributed by atoms with Crippen LogP contribution in [0.3, 0.4) is 0 Å². The van der Waals surface area contributed by atoms with Crippen LogP contribution in [0, 0.1) is 27.7 Å². The first-order valence-electron chi connectivity index (χ1n) is 8.12. The summed E-state index contributed by atoms with van der Waals surface area (Å²) in [5, 5.41) is 38.0. The summed E-state index contributed by atoms with van der Waals surface area (Å²) in [4.78, 5) is 46.9. The summed E-state index contributed by atoms with van der Waals surface area (Å²) in [7, 11) is 0. The maximum Gasteiger partial charge on any atom is 0.337 e. The molecule has 0 fully saturated rings. The molecule has 0 aliphatic rings. The van der Waals surface area contributed by atoms with Crippen molar-refractivity contribution < 1.29 is 39.6 Å². The number of aryl methyl sites for hydroxylation is 1. The minimum absolute atomic E-state index is 0.156. The summed E-state index contributed by atoms with van der Waals surface area (Å²) >= 11 is 0. The Balaban J connectivity index is 3.18. The molecule has 0 saturated heterocycles. The third-order valence-corrected chi connectivity index (χ3v) is 4.97. The molecular formula is C20H18O8. The number of benzene rings is 2. The lowest BCUT2D eigenvalue weighted by atomic mass is 9.84. The van der Waals surface area contributed by atoms with Gasteiger partial charge >= 0.3 is 23.9 Å². The molecule has 0 unspecified atom stereocenters. The molecule has 146 valence electrons. The van der Waals surface area contributed by atoms with Crippen molar-refractivity contribution in [1.82, 2.24) is 0 Å². The van der Waals surface area contributed by atoms with Gasteiger partial charge in [-0.25, -0.2) is 19.2 Å². The van der Waals surface area contributed by atoms with E-state index in [4.69, 9.17) is 0 Å². The predicted molar refractivity (Wildman–Crippen MR) is 98.7 cm³/mol. The van der Waals surface area contributed by atoms with E-state index in [0.717, 1.165) is 22.8 Å². The van der Waals surface area contributed by atoms with Gasteiger partial charge in [-0.05, 0) is 67.1 Å². The van der Waals surface area contributed by atoms with Crippen molar-refractivity contribution in [3.63, 3.8) is 0 Å². The summed E-state index contributed by atoms with van der Waals surface area (Å²) in [6.45, 7) is 7.17. The van der Waals surface area contributed by atoms with Crippen molar-refractivity contribution >= 4 is 23.9 Å². The summed E-state index contributed by atoms with van der Waals surface area (Å²) in [5.74, 6) is -7.01. The lowest BCUT2D eigenvalue weighted by Gasteiger charge is -2.19. The fourth-order valence-corrected chi connectivity index (χ4v) is 3.21. The van der Waals surface area contributed by atoms with Crippen molar-refractivity contribution in [2.75, 3.05) is 0 Å². The molecule has 2 rings (SSSR count). The molecule has 0 radical (unpaired) electrons. The predicted octanol–water partition coefficient (Wildman–Crippen LogP) is 3.38. The van der Waals surface area contributed by atoms with E-state index in [-0.39, 0.29) is 5.56 Å². The molecule has 0 spiro atoms. The minimum atomic E-state index is -1.84. The standard InChI is InChI=1S/C20H18O8/c1-7-5-11(10(4)9(3)8(7)2)12-6-13(17(21)22)15(19(25)26)16(20(27)28)14(12)18(23)24/h5-6H,1-4H3,(H,21,22)(H,23,24)(H,25,26)(H,27,28). The first-order valence-corrected chi connectivity index (χ1v) is 8.12. The van der Waals surface area contributed by atoms with Crippen LogP contribution in [0.1, 0.15) is 63.7 Å². The van der Waals surface area contributed by atoms with Gasteiger partial charge in [0.1, 0.15) is 0 Å². The Morgan fingerprint density at radius 3 is 1.50 bits per heavy atom. The lowest BCUT2D eigenvalue weighted by Crippen LogP contribution is -2.20. The number of carboxylic acid groups (broad SMARTS) is 4. The highest BCUT2D eigenvalue weighted by Gasteiger charge is 2.33. The Kier molecular flexibility index (Phi) is 5.27. The highest BCUT2D eigenvalue weighted by Crippen LogP contribution is 2.36. The first-order chi connectivity index (χ1) is 12.9. The van der Waals surface area contributed by atoms with Crippen molar-refractivity contribution in [1.29, 1.82) is 0 Å². The fraction of sp³-hybridized carbons (Fsp3) is 0.200. The Hall–Kier alpha value is -3.68. The van der Waals surface area contributed by atoms with Crippen LogP contribution in [0.5, 0.6) is 0 Å². The molecule has 4 N–H and O–H groups in total. The van der Waals surface area contributed by atoms with Crippen LogP contribution in [0.2, 0.25) is 0 Å². The SMILES string of the molecule is Cc1cc(-c2cc(C(=O)O)c(C(=O)O)c(C(=O)O)c2C(=O)O)c(C)c(C)c1C. The van der Waals surface area contributed by atoms with Crippen LogP contribution in [0.25, 0.3) is 11.1 Å². The molecule has 2 aromatic rings. The van der Waals surface area contributed by atoms with E-state index >= 15 is 0 Å². The third-order valence-electron chi connectivity index (χ3n) is 4.97. The summed E-state index contributed by atoms with van der Waals surface area (Å²) in [6.07, 6.45) is 0. The maximum absolute atomic E-state index is 11.9. The van der Waals surface area contributed by atoms with Gasteiger partial charge in [-0.3, -0.25) is 0 Å². The van der Waals surface area contributed by atoms with E-state index in [1.165, 1.54) is 0 Å². The van der Waals surface area contributed by atoms with Crippen molar-refractivity contribution in [2.24, 2.45) is 0 Å². The first kappa shape index (κ1) is 20.6. The van der Waals surface area contributed by atoms with Crippen LogP contribution in [-0.2, 0) is 0 Å². The molecule has 0 atom stereocenters. The highest BCUT2D eigenvalue weighted by atomic mass is 16.4. The van der Waals surface area contributed by atoms with Gasteiger partial charge in [-0.15, -0.1) is 0 Å². The molecule has 28 heavy (non-hydrogen) atoms. The molecule has 0 saturated carbocycles. The molecule has 2 aromatic carbocycles. The Morgan fingerprint density at radius 1 is 0.571 bits per heavy atom. The topological polar surface area (TPSA) is 149 Å². The number of carboxylic acids is 4. The average molecular weight is 386 g/mol. The van der Waals surface area contributed by atoms with E-state index in [2.05, 4.69) is 0 Å². The maximum atomic E-state index is 11.9. The van der Waals surface area contributed by atoms with E-state index in [1.807, 2.05) is 13.8 Å². The van der Waals surface area contributed by atoms with Crippen molar-refractivity contribution in [2.45, 2.75) is 27.7 Å². The Bertz CT molecular complexity index is 1060. The zero-order chi connectivity index (χ0) is 21.5. The van der Waals surface area contributed by atoms with Gasteiger partial charge in [0.25, 0.3) is 0 Å². The van der Waals surface area contributed by atoms with E-state index in [9.17, 15) is 39.6 Å². The van der Waals surface area contributed by atoms with E-state index in [1.54, 1.807) is 19.9 Å². The second kappa shape index (κ2) is 7.15. The monoisotopic (exact) mass is 386 g/mol. The van der Waals surface area contributed by atoms with Gasteiger partial charge in [0.15, 0.2) is 0 Å². The Labute approximate surface area is 159 Å². The third kappa shape index (κ3) is 3.20. The molecule has 0 aliphatic heterocycles. The summed E-state index contributed by atoms with van der Waals surface area (Å²) in [6, 6.07) is 2.55. The Morgan fingerprint density at radius 2 is 1.07 bits per heavy atom. The summed E-state index contributed by atoms with van der Waals surface area (Å²) in [5.41, 5.74) is -0.284. The number of aromatic carboxylic acids is 4. The molecule has 0 heterocycles. The molecule has 0 aromatic heterocycles. The van der Waals surface area contributed by atoms with Crippen LogP contribution in [0.15, 0.2) is 12.1 Å². The molecule has 0 bridgehead atoms. The van der Waals surface area contributed by atoms with Crippen molar-refractivity contribution in [3.8, 4) is 11.1 Å². The van der Waals surface area contributed by atoms with Crippen LogP contribution in [0.4, 0.5) is 0 Å². The summed E-state index contributed by atoms with van der Waals surface area (Å²) < 4.78 is 0. The quantitative estimate of drug-likeness (QED) is 0.611. The van der Waals surface area contributed by atoms with E-state index < -0.39 is 46.1 Å². The van der Waals surface area contributed by atoms with Crippen molar-refractivity contribution in [3.05, 3.63) is 56.6 Å². The van der Waals surface area contributed by atoms with Gasteiger partial charge in [0.2, 0.25) is 0 Å². The number of carbonyl (C=O) groups is 4. The van der Waals surface area contributed by atoms with Gasteiger partial charge in [-0.2, -0.15) is 0 Å². The minimum Gasteiger partial charge on any atom is -0.478 e. The van der Waals surface area contributed by atoms with Gasteiger partial charge in [0.05, 0.1) is 22.3 Å². The number of hydrogen-bond acceptors (Lipinski definition) is 4. The largest absolute Gasteiger partial charge is 0.478 e. The smallest absolute Gasteiger partial charge is 0.337 e.